The summed E-state index contributed by atoms with van der Waals surface area (Å²) in [7, 11) is 1.58. The fraction of sp³-hybridized carbons (Fsp3) is 0.818. The molecule has 3 heterocycles. The van der Waals surface area contributed by atoms with Gasteiger partial charge in [-0.2, -0.15) is 0 Å². The van der Waals surface area contributed by atoms with Crippen LogP contribution in [-0.2, 0) is 7.05 Å². The predicted molar refractivity (Wildman–Crippen MR) is 59.7 cm³/mol. The highest BCUT2D eigenvalue weighted by Gasteiger charge is 2.32. The van der Waals surface area contributed by atoms with Gasteiger partial charge in [-0.25, -0.2) is 23.5 Å². The van der Waals surface area contributed by atoms with E-state index in [1.807, 2.05) is 0 Å². The maximum Gasteiger partial charge on any atom is 0.347 e. The highest BCUT2D eigenvalue weighted by atomic mass is 16.2. The van der Waals surface area contributed by atoms with Crippen LogP contribution in [0.1, 0.15) is 50.6 Å². The Bertz CT molecular complexity index is 477. The summed E-state index contributed by atoms with van der Waals surface area (Å²) in [4.78, 5) is 24.0. The van der Waals surface area contributed by atoms with Crippen LogP contribution in [-0.4, -0.2) is 13.9 Å². The minimum atomic E-state index is -0.137. The lowest BCUT2D eigenvalue weighted by Gasteiger charge is -2.34. The van der Waals surface area contributed by atoms with Gasteiger partial charge in [0.15, 0.2) is 0 Å². The first kappa shape index (κ1) is 9.93. The van der Waals surface area contributed by atoms with Crippen LogP contribution in [0.25, 0.3) is 0 Å². The first-order chi connectivity index (χ1) is 7.70. The normalized spacial score (nSPS) is 28.6. The summed E-state index contributed by atoms with van der Waals surface area (Å²) in [5.41, 5.74) is -0.275. The van der Waals surface area contributed by atoms with Crippen molar-refractivity contribution in [1.82, 2.24) is 13.9 Å². The van der Waals surface area contributed by atoms with E-state index in [-0.39, 0.29) is 23.5 Å². The predicted octanol–water partition coefficient (Wildman–Crippen LogP) is 0.798. The lowest BCUT2D eigenvalue weighted by molar-refractivity contribution is 0.173. The molecule has 0 aromatic carbocycles. The van der Waals surface area contributed by atoms with Crippen molar-refractivity contribution in [3.63, 3.8) is 0 Å². The SMILES string of the molecule is Cn1c(=O)n2n(c1=O)C1CCCCC2CC1. The van der Waals surface area contributed by atoms with Gasteiger partial charge >= 0.3 is 11.4 Å². The molecule has 2 aliphatic rings. The van der Waals surface area contributed by atoms with Gasteiger partial charge in [-0.1, -0.05) is 12.8 Å². The van der Waals surface area contributed by atoms with E-state index in [0.717, 1.165) is 25.7 Å². The Labute approximate surface area is 93.3 Å². The molecule has 5 heteroatoms. The summed E-state index contributed by atoms with van der Waals surface area (Å²) >= 11 is 0. The molecule has 1 aromatic heterocycles. The van der Waals surface area contributed by atoms with Gasteiger partial charge in [0.2, 0.25) is 0 Å². The number of hydrogen-bond acceptors (Lipinski definition) is 2. The van der Waals surface area contributed by atoms with Crippen LogP contribution in [0.4, 0.5) is 0 Å². The molecule has 0 saturated heterocycles. The fourth-order valence-corrected chi connectivity index (χ4v) is 3.16. The number of nitrogens with zero attached hydrogens (tertiary/aromatic N) is 3. The molecule has 0 N–H and O–H groups in total. The van der Waals surface area contributed by atoms with E-state index < -0.39 is 0 Å². The van der Waals surface area contributed by atoms with Crippen LogP contribution < -0.4 is 11.4 Å². The van der Waals surface area contributed by atoms with Crippen LogP contribution in [0.3, 0.4) is 0 Å². The van der Waals surface area contributed by atoms with E-state index in [1.54, 1.807) is 16.4 Å². The molecule has 0 amide bonds. The van der Waals surface area contributed by atoms with E-state index in [9.17, 15) is 9.59 Å². The summed E-state index contributed by atoms with van der Waals surface area (Å²) in [6.45, 7) is 0. The lowest BCUT2D eigenvalue weighted by Crippen LogP contribution is -2.38. The third-order valence-corrected chi connectivity index (χ3v) is 4.05. The molecule has 2 bridgehead atoms. The Kier molecular flexibility index (Phi) is 2.09. The maximum absolute atomic E-state index is 12.0. The minimum absolute atomic E-state index is 0.137. The van der Waals surface area contributed by atoms with Crippen molar-refractivity contribution in [2.75, 3.05) is 0 Å². The Morgan fingerprint density at radius 3 is 1.75 bits per heavy atom. The Morgan fingerprint density at radius 1 is 0.875 bits per heavy atom. The van der Waals surface area contributed by atoms with E-state index in [0.29, 0.717) is 0 Å². The summed E-state index contributed by atoms with van der Waals surface area (Å²) in [5.74, 6) is 0. The highest BCUT2D eigenvalue weighted by Crippen LogP contribution is 2.35. The van der Waals surface area contributed by atoms with Crippen molar-refractivity contribution in [2.24, 2.45) is 7.05 Å². The van der Waals surface area contributed by atoms with Crippen LogP contribution in [0.5, 0.6) is 0 Å². The molecule has 2 aliphatic heterocycles. The summed E-state index contributed by atoms with van der Waals surface area (Å²) < 4.78 is 4.68. The van der Waals surface area contributed by atoms with Gasteiger partial charge in [-0.15, -0.1) is 0 Å². The largest absolute Gasteiger partial charge is 0.347 e. The van der Waals surface area contributed by atoms with Crippen molar-refractivity contribution in [3.05, 3.63) is 21.0 Å². The van der Waals surface area contributed by atoms with Crippen LogP contribution >= 0.6 is 0 Å². The molecule has 2 unspecified atom stereocenters. The average Bonchev–Trinajstić information content (AvgIpc) is 2.45. The number of rotatable bonds is 0. The van der Waals surface area contributed by atoms with Crippen LogP contribution in [0.15, 0.2) is 9.59 Å². The van der Waals surface area contributed by atoms with E-state index >= 15 is 0 Å². The molecule has 0 aliphatic carbocycles. The second kappa shape index (κ2) is 3.37. The standard InChI is InChI=1S/C11H17N3O2/c1-12-10(15)13-8-4-2-3-5-9(7-6-8)14(13)11(12)16/h8-9H,2-7H2,1H3. The van der Waals surface area contributed by atoms with Crippen molar-refractivity contribution in [2.45, 2.75) is 50.6 Å². The zero-order valence-electron chi connectivity index (χ0n) is 9.56. The zero-order chi connectivity index (χ0) is 11.3. The minimum Gasteiger partial charge on any atom is -0.246 e. The van der Waals surface area contributed by atoms with Crippen molar-refractivity contribution < 1.29 is 0 Å². The van der Waals surface area contributed by atoms with Gasteiger partial charge in [0.1, 0.15) is 0 Å². The number of hydrogen-bond donors (Lipinski definition) is 0. The molecule has 2 atom stereocenters. The quantitative estimate of drug-likeness (QED) is 0.653. The lowest BCUT2D eigenvalue weighted by atomic mass is 9.92. The van der Waals surface area contributed by atoms with Gasteiger partial charge in [0.25, 0.3) is 0 Å². The number of aromatic nitrogens is 3. The molecule has 1 aromatic rings. The fourth-order valence-electron chi connectivity index (χ4n) is 3.16. The van der Waals surface area contributed by atoms with Gasteiger partial charge in [0.05, 0.1) is 12.1 Å². The second-order valence-corrected chi connectivity index (χ2v) is 4.98. The van der Waals surface area contributed by atoms with Crippen LogP contribution in [0.2, 0.25) is 0 Å². The average molecular weight is 223 g/mol. The van der Waals surface area contributed by atoms with Crippen molar-refractivity contribution in [3.8, 4) is 0 Å². The molecule has 16 heavy (non-hydrogen) atoms. The van der Waals surface area contributed by atoms with Gasteiger partial charge in [-0.3, -0.25) is 0 Å². The summed E-state index contributed by atoms with van der Waals surface area (Å²) in [6, 6.07) is 0.496. The van der Waals surface area contributed by atoms with E-state index in [2.05, 4.69) is 0 Å². The van der Waals surface area contributed by atoms with Gasteiger partial charge in [-0.05, 0) is 25.7 Å². The topological polar surface area (TPSA) is 48.9 Å². The molecular formula is C11H17N3O2. The third kappa shape index (κ3) is 1.17. The van der Waals surface area contributed by atoms with Crippen LogP contribution in [0, 0.1) is 0 Å². The highest BCUT2D eigenvalue weighted by molar-refractivity contribution is 4.88. The molecule has 0 fully saturated rings. The molecule has 3 rings (SSSR count). The maximum atomic E-state index is 12.0. The first-order valence-electron chi connectivity index (χ1n) is 6.10. The Hall–Kier alpha value is -1.26. The Morgan fingerprint density at radius 2 is 1.31 bits per heavy atom. The van der Waals surface area contributed by atoms with Crippen molar-refractivity contribution in [1.29, 1.82) is 0 Å². The van der Waals surface area contributed by atoms with E-state index in [4.69, 9.17) is 0 Å². The second-order valence-electron chi connectivity index (χ2n) is 4.98. The van der Waals surface area contributed by atoms with Gasteiger partial charge in [0, 0.05) is 7.05 Å². The summed E-state index contributed by atoms with van der Waals surface area (Å²) in [6.07, 6.45) is 6.53. The molecule has 5 nitrogen and oxygen atoms in total. The zero-order valence-corrected chi connectivity index (χ0v) is 9.56. The monoisotopic (exact) mass is 223 g/mol. The first-order valence-corrected chi connectivity index (χ1v) is 6.10. The molecule has 0 radical (unpaired) electrons. The van der Waals surface area contributed by atoms with Crippen molar-refractivity contribution >= 4 is 0 Å². The molecule has 88 valence electrons. The smallest absolute Gasteiger partial charge is 0.246 e. The molecule has 0 saturated carbocycles. The van der Waals surface area contributed by atoms with Gasteiger partial charge < -0.3 is 0 Å². The summed E-state index contributed by atoms with van der Waals surface area (Å²) in [5, 5.41) is 0. The van der Waals surface area contributed by atoms with E-state index in [1.165, 1.54) is 17.4 Å². The molecular weight excluding hydrogens is 206 g/mol. The Balaban J connectivity index is 2.29. The third-order valence-electron chi connectivity index (χ3n) is 4.05. The molecule has 0 spiro atoms.